The normalized spacial score (nSPS) is 14.7. The van der Waals surface area contributed by atoms with E-state index in [-0.39, 0.29) is 0 Å². The molecule has 0 amide bonds. The highest BCUT2D eigenvalue weighted by Gasteiger charge is 2.19. The molecule has 0 N–H and O–H groups in total. The largest absolute Gasteiger partial charge is 0.103 e. The summed E-state index contributed by atoms with van der Waals surface area (Å²) in [5.74, 6) is 1.34. The summed E-state index contributed by atoms with van der Waals surface area (Å²) in [6, 6.07) is 0. The summed E-state index contributed by atoms with van der Waals surface area (Å²) in [7, 11) is 0. The Morgan fingerprint density at radius 3 is 2.17 bits per heavy atom. The fourth-order valence-electron chi connectivity index (χ4n) is 2.56. The summed E-state index contributed by atoms with van der Waals surface area (Å²) < 4.78 is 0. The highest BCUT2D eigenvalue weighted by molar-refractivity contribution is 5.08. The minimum atomic E-state index is 0.330. The lowest BCUT2D eigenvalue weighted by Crippen LogP contribution is -2.13. The van der Waals surface area contributed by atoms with Gasteiger partial charge in [0.15, 0.2) is 0 Å². The molecule has 0 nitrogen and oxygen atoms in total. The molecule has 0 rings (SSSR count). The van der Waals surface area contributed by atoms with Crippen LogP contribution in [-0.4, -0.2) is 0 Å². The van der Waals surface area contributed by atoms with E-state index in [1.165, 1.54) is 12.8 Å². The molecule has 0 spiro atoms. The van der Waals surface area contributed by atoms with Gasteiger partial charge in [0, 0.05) is 0 Å². The predicted molar refractivity (Wildman–Crippen MR) is 84.7 cm³/mol. The number of allylic oxidation sites excluding steroid dienone is 4. The van der Waals surface area contributed by atoms with Gasteiger partial charge in [0.2, 0.25) is 0 Å². The summed E-state index contributed by atoms with van der Waals surface area (Å²) in [5, 5.41) is 0. The first-order chi connectivity index (χ1) is 8.30. The fourth-order valence-corrected chi connectivity index (χ4v) is 2.56. The van der Waals surface area contributed by atoms with Crippen LogP contribution in [-0.2, 0) is 0 Å². The fraction of sp³-hybridized carbons (Fsp3) is 0.667. The van der Waals surface area contributed by atoms with E-state index in [0.29, 0.717) is 17.3 Å². The van der Waals surface area contributed by atoms with E-state index in [2.05, 4.69) is 53.9 Å². The van der Waals surface area contributed by atoms with Crippen LogP contribution in [0.1, 0.15) is 60.3 Å². The van der Waals surface area contributed by atoms with Gasteiger partial charge < -0.3 is 0 Å². The smallest absolute Gasteiger partial charge is 0.0265 e. The summed E-state index contributed by atoms with van der Waals surface area (Å²) in [5.41, 5.74) is 1.93. The maximum absolute atomic E-state index is 3.87. The predicted octanol–water partition coefficient (Wildman–Crippen LogP) is 6.16. The Kier molecular flexibility index (Phi) is 7.98. The lowest BCUT2D eigenvalue weighted by molar-refractivity contribution is 0.356. The molecule has 1 unspecified atom stereocenters. The van der Waals surface area contributed by atoms with E-state index in [1.807, 2.05) is 12.2 Å². The van der Waals surface area contributed by atoms with E-state index in [0.717, 1.165) is 12.8 Å². The van der Waals surface area contributed by atoms with Crippen molar-refractivity contribution in [2.75, 3.05) is 0 Å². The quantitative estimate of drug-likeness (QED) is 0.428. The molecular weight excluding hydrogens is 216 g/mol. The zero-order chi connectivity index (χ0) is 14.2. The Hall–Kier alpha value is -0.780. The molecule has 0 aromatic carbocycles. The lowest BCUT2D eigenvalue weighted by Gasteiger charge is -2.26. The van der Waals surface area contributed by atoms with Crippen molar-refractivity contribution in [3.63, 3.8) is 0 Å². The first-order valence-electron chi connectivity index (χ1n) is 7.22. The van der Waals surface area contributed by atoms with Gasteiger partial charge in [-0.3, -0.25) is 0 Å². The zero-order valence-corrected chi connectivity index (χ0v) is 13.1. The lowest BCUT2D eigenvalue weighted by atomic mass is 9.79. The molecule has 1 atom stereocenters. The third kappa shape index (κ3) is 8.33. The van der Waals surface area contributed by atoms with E-state index in [9.17, 15) is 0 Å². The molecule has 0 aliphatic carbocycles. The third-order valence-electron chi connectivity index (χ3n) is 3.15. The maximum atomic E-state index is 3.87. The van der Waals surface area contributed by atoms with Crippen LogP contribution in [0.3, 0.4) is 0 Å². The number of rotatable bonds is 9. The molecule has 0 saturated heterocycles. The van der Waals surface area contributed by atoms with Crippen molar-refractivity contribution in [1.82, 2.24) is 0 Å². The van der Waals surface area contributed by atoms with Crippen LogP contribution in [0.2, 0.25) is 0 Å². The first kappa shape index (κ1) is 17.2. The van der Waals surface area contributed by atoms with Crippen molar-refractivity contribution < 1.29 is 0 Å². The summed E-state index contributed by atoms with van der Waals surface area (Å²) in [6.07, 6.45) is 11.1. The van der Waals surface area contributed by atoms with Gasteiger partial charge in [-0.2, -0.15) is 0 Å². The standard InChI is InChI=1S/C18H32/c1-8-10-16(5)13-17(12-15(3)4)14-18(6,7)11-9-2/h8-9,12,15-16H,1-2,10-11,13-14H2,3-7H3. The monoisotopic (exact) mass is 248 g/mol. The molecule has 18 heavy (non-hydrogen) atoms. The second-order valence-electron chi connectivity index (χ2n) is 6.74. The second-order valence-corrected chi connectivity index (χ2v) is 6.74. The Balaban J connectivity index is 4.69. The van der Waals surface area contributed by atoms with Crippen LogP contribution in [0.5, 0.6) is 0 Å². The van der Waals surface area contributed by atoms with Gasteiger partial charge in [0.1, 0.15) is 0 Å². The van der Waals surface area contributed by atoms with Crippen LogP contribution in [0.15, 0.2) is 37.0 Å². The summed E-state index contributed by atoms with van der Waals surface area (Å²) >= 11 is 0. The highest BCUT2D eigenvalue weighted by Crippen LogP contribution is 2.33. The minimum Gasteiger partial charge on any atom is -0.103 e. The van der Waals surface area contributed by atoms with Gasteiger partial charge in [-0.15, -0.1) is 13.2 Å². The van der Waals surface area contributed by atoms with Crippen molar-refractivity contribution in [3.05, 3.63) is 37.0 Å². The summed E-state index contributed by atoms with van der Waals surface area (Å²) in [6.45, 7) is 19.2. The molecule has 0 fully saturated rings. The second kappa shape index (κ2) is 8.34. The Bertz CT molecular complexity index is 278. The first-order valence-corrected chi connectivity index (χ1v) is 7.22. The number of hydrogen-bond acceptors (Lipinski definition) is 0. The van der Waals surface area contributed by atoms with Gasteiger partial charge >= 0.3 is 0 Å². The van der Waals surface area contributed by atoms with Crippen LogP contribution < -0.4 is 0 Å². The van der Waals surface area contributed by atoms with E-state index in [1.54, 1.807) is 5.57 Å². The number of hydrogen-bond donors (Lipinski definition) is 0. The van der Waals surface area contributed by atoms with Gasteiger partial charge in [-0.05, 0) is 42.9 Å². The van der Waals surface area contributed by atoms with Gasteiger partial charge in [-0.25, -0.2) is 0 Å². The Labute approximate surface area is 115 Å². The van der Waals surface area contributed by atoms with Gasteiger partial charge in [-0.1, -0.05) is 58.4 Å². The molecule has 0 heterocycles. The molecule has 0 saturated carbocycles. The van der Waals surface area contributed by atoms with Crippen molar-refractivity contribution >= 4 is 0 Å². The summed E-state index contributed by atoms with van der Waals surface area (Å²) in [4.78, 5) is 0. The van der Waals surface area contributed by atoms with E-state index >= 15 is 0 Å². The van der Waals surface area contributed by atoms with Crippen LogP contribution in [0, 0.1) is 17.3 Å². The van der Waals surface area contributed by atoms with Crippen LogP contribution in [0.25, 0.3) is 0 Å². The van der Waals surface area contributed by atoms with Crippen molar-refractivity contribution in [1.29, 1.82) is 0 Å². The zero-order valence-electron chi connectivity index (χ0n) is 13.1. The van der Waals surface area contributed by atoms with Crippen molar-refractivity contribution in [2.45, 2.75) is 60.3 Å². The van der Waals surface area contributed by atoms with Gasteiger partial charge in [0.05, 0.1) is 0 Å². The molecule has 0 aliphatic rings. The topological polar surface area (TPSA) is 0 Å². The average Bonchev–Trinajstić information content (AvgIpc) is 2.14. The maximum Gasteiger partial charge on any atom is -0.0265 e. The molecule has 104 valence electrons. The molecular formula is C18H32. The molecule has 0 bridgehead atoms. The average molecular weight is 248 g/mol. The van der Waals surface area contributed by atoms with E-state index < -0.39 is 0 Å². The molecule has 0 heteroatoms. The van der Waals surface area contributed by atoms with Crippen molar-refractivity contribution in [2.24, 2.45) is 17.3 Å². The van der Waals surface area contributed by atoms with E-state index in [4.69, 9.17) is 0 Å². The molecule has 0 radical (unpaired) electrons. The molecule has 0 aliphatic heterocycles. The highest BCUT2D eigenvalue weighted by atomic mass is 14.2. The van der Waals surface area contributed by atoms with Crippen molar-refractivity contribution in [3.8, 4) is 0 Å². The Morgan fingerprint density at radius 2 is 1.72 bits per heavy atom. The third-order valence-corrected chi connectivity index (χ3v) is 3.15. The Morgan fingerprint density at radius 1 is 1.11 bits per heavy atom. The SMILES string of the molecule is C=CCC(C)CC(=CC(C)C)CC(C)(C)CC=C. The van der Waals surface area contributed by atoms with Gasteiger partial charge in [0.25, 0.3) is 0 Å². The molecule has 0 aromatic rings. The molecule has 0 aromatic heterocycles. The van der Waals surface area contributed by atoms with Crippen LogP contribution in [0.4, 0.5) is 0 Å². The van der Waals surface area contributed by atoms with Crippen LogP contribution >= 0.6 is 0 Å². The minimum absolute atomic E-state index is 0.330.